The van der Waals surface area contributed by atoms with E-state index < -0.39 is 0 Å². The first-order valence-corrected chi connectivity index (χ1v) is 6.18. The van der Waals surface area contributed by atoms with E-state index >= 15 is 0 Å². The Kier molecular flexibility index (Phi) is 3.97. The minimum atomic E-state index is 0.302. The molecule has 1 heterocycles. The molecule has 2 heteroatoms. The molecule has 2 atom stereocenters. The van der Waals surface area contributed by atoms with E-state index in [1.807, 2.05) is 0 Å². The summed E-state index contributed by atoms with van der Waals surface area (Å²) in [7, 11) is 0. The van der Waals surface area contributed by atoms with Crippen molar-refractivity contribution in [2.45, 2.75) is 38.4 Å². The molecule has 2 rings (SSSR count). The van der Waals surface area contributed by atoms with Gasteiger partial charge in [0.05, 0.1) is 12.2 Å². The lowest BCUT2D eigenvalue weighted by molar-refractivity contribution is -0.0170. The first-order chi connectivity index (χ1) is 7.77. The van der Waals surface area contributed by atoms with Gasteiger partial charge >= 0.3 is 0 Å². The Morgan fingerprint density at radius 2 is 2.00 bits per heavy atom. The van der Waals surface area contributed by atoms with Gasteiger partial charge in [-0.3, -0.25) is 0 Å². The van der Waals surface area contributed by atoms with E-state index in [9.17, 15) is 0 Å². The molecule has 1 fully saturated rings. The highest BCUT2D eigenvalue weighted by Crippen LogP contribution is 2.28. The second kappa shape index (κ2) is 5.46. The Balaban J connectivity index is 2.10. The minimum absolute atomic E-state index is 0.302. The normalized spacial score (nSPS) is 25.9. The maximum Gasteiger partial charge on any atom is 0.0771 e. The molecule has 1 aliphatic heterocycles. The molecule has 1 aromatic rings. The van der Waals surface area contributed by atoms with Gasteiger partial charge in [-0.15, -0.1) is 0 Å². The second-order valence-electron chi connectivity index (χ2n) is 4.73. The van der Waals surface area contributed by atoms with Gasteiger partial charge in [-0.2, -0.15) is 0 Å². The Labute approximate surface area is 98.0 Å². The largest absolute Gasteiger partial charge is 0.374 e. The van der Waals surface area contributed by atoms with Crippen molar-refractivity contribution in [1.29, 1.82) is 0 Å². The summed E-state index contributed by atoms with van der Waals surface area (Å²) in [6.45, 7) is 6.28. The van der Waals surface area contributed by atoms with Crippen molar-refractivity contribution in [3.05, 3.63) is 35.9 Å². The summed E-state index contributed by atoms with van der Waals surface area (Å²) >= 11 is 0. The molecule has 88 valence electrons. The van der Waals surface area contributed by atoms with E-state index in [2.05, 4.69) is 49.5 Å². The minimum Gasteiger partial charge on any atom is -0.374 e. The lowest BCUT2D eigenvalue weighted by atomic mass is 9.88. The predicted octanol–water partition coefficient (Wildman–Crippen LogP) is 2.56. The molecule has 2 nitrogen and oxygen atoms in total. The lowest BCUT2D eigenvalue weighted by Gasteiger charge is -2.33. The standard InChI is InChI=1S/C14H21NO/c1-11(2)16-14-10-15-9-8-13(14)12-6-4-3-5-7-12/h3-7,11,13-15H,8-10H2,1-2H3/t13-,14+/m1/s1. The third-order valence-corrected chi connectivity index (χ3v) is 3.10. The van der Waals surface area contributed by atoms with Gasteiger partial charge in [0.15, 0.2) is 0 Å². The Morgan fingerprint density at radius 1 is 1.25 bits per heavy atom. The summed E-state index contributed by atoms with van der Waals surface area (Å²) in [5.74, 6) is 0.546. The van der Waals surface area contributed by atoms with Crippen LogP contribution in [0.2, 0.25) is 0 Å². The van der Waals surface area contributed by atoms with Crippen LogP contribution in [0.25, 0.3) is 0 Å². The van der Waals surface area contributed by atoms with Gasteiger partial charge in [-0.1, -0.05) is 30.3 Å². The van der Waals surface area contributed by atoms with Crippen molar-refractivity contribution < 1.29 is 4.74 Å². The third kappa shape index (κ3) is 2.83. The zero-order chi connectivity index (χ0) is 11.4. The average Bonchev–Trinajstić information content (AvgIpc) is 2.30. The Hall–Kier alpha value is -0.860. The topological polar surface area (TPSA) is 21.3 Å². The number of piperidine rings is 1. The number of ether oxygens (including phenoxy) is 1. The smallest absolute Gasteiger partial charge is 0.0771 e. The maximum absolute atomic E-state index is 6.00. The number of hydrogen-bond donors (Lipinski definition) is 1. The van der Waals surface area contributed by atoms with Gasteiger partial charge < -0.3 is 10.1 Å². The SMILES string of the molecule is CC(C)O[C@H]1CNCC[C@@H]1c1ccccc1. The molecular formula is C14H21NO. The van der Waals surface area contributed by atoms with Crippen LogP contribution in [0.5, 0.6) is 0 Å². The van der Waals surface area contributed by atoms with Crippen LogP contribution >= 0.6 is 0 Å². The maximum atomic E-state index is 6.00. The van der Waals surface area contributed by atoms with Gasteiger partial charge in [0.2, 0.25) is 0 Å². The Morgan fingerprint density at radius 3 is 2.69 bits per heavy atom. The summed E-state index contributed by atoms with van der Waals surface area (Å²) in [6, 6.07) is 10.7. The molecule has 0 aromatic heterocycles. The number of nitrogens with one attached hydrogen (secondary N) is 1. The molecule has 16 heavy (non-hydrogen) atoms. The van der Waals surface area contributed by atoms with E-state index in [0.29, 0.717) is 18.1 Å². The molecule has 0 aliphatic carbocycles. The summed E-state index contributed by atoms with van der Waals surface area (Å²) in [6.07, 6.45) is 1.79. The molecule has 0 amide bonds. The van der Waals surface area contributed by atoms with Crippen molar-refractivity contribution in [3.8, 4) is 0 Å². The average molecular weight is 219 g/mol. The third-order valence-electron chi connectivity index (χ3n) is 3.10. The van der Waals surface area contributed by atoms with Crippen LogP contribution in [0.15, 0.2) is 30.3 Å². The van der Waals surface area contributed by atoms with Crippen LogP contribution in [0.4, 0.5) is 0 Å². The van der Waals surface area contributed by atoms with Gasteiger partial charge in [0.25, 0.3) is 0 Å². The van der Waals surface area contributed by atoms with E-state index in [1.54, 1.807) is 0 Å². The summed E-state index contributed by atoms with van der Waals surface area (Å²) in [5.41, 5.74) is 1.41. The second-order valence-corrected chi connectivity index (χ2v) is 4.73. The molecule has 0 radical (unpaired) electrons. The van der Waals surface area contributed by atoms with E-state index in [1.165, 1.54) is 12.0 Å². The molecule has 1 aromatic carbocycles. The molecule has 1 aliphatic rings. The van der Waals surface area contributed by atoms with Crippen LogP contribution in [-0.2, 0) is 4.74 Å². The molecule has 0 unspecified atom stereocenters. The van der Waals surface area contributed by atoms with Crippen LogP contribution in [-0.4, -0.2) is 25.3 Å². The zero-order valence-corrected chi connectivity index (χ0v) is 10.1. The van der Waals surface area contributed by atoms with Crippen LogP contribution < -0.4 is 5.32 Å². The fraction of sp³-hybridized carbons (Fsp3) is 0.571. The Bertz CT molecular complexity index is 310. The van der Waals surface area contributed by atoms with Gasteiger partial charge in [-0.05, 0) is 32.4 Å². The van der Waals surface area contributed by atoms with Crippen LogP contribution in [0.3, 0.4) is 0 Å². The van der Waals surface area contributed by atoms with Crippen molar-refractivity contribution in [3.63, 3.8) is 0 Å². The zero-order valence-electron chi connectivity index (χ0n) is 10.1. The van der Waals surface area contributed by atoms with E-state index in [0.717, 1.165) is 13.1 Å². The van der Waals surface area contributed by atoms with Crippen molar-refractivity contribution >= 4 is 0 Å². The first kappa shape index (κ1) is 11.6. The van der Waals surface area contributed by atoms with Crippen LogP contribution in [0.1, 0.15) is 31.7 Å². The van der Waals surface area contributed by atoms with Crippen molar-refractivity contribution in [2.75, 3.05) is 13.1 Å². The summed E-state index contributed by atoms with van der Waals surface area (Å²) in [5, 5.41) is 3.41. The van der Waals surface area contributed by atoms with E-state index in [-0.39, 0.29) is 0 Å². The fourth-order valence-corrected chi connectivity index (χ4v) is 2.40. The van der Waals surface area contributed by atoms with Gasteiger partial charge in [0.1, 0.15) is 0 Å². The summed E-state index contributed by atoms with van der Waals surface area (Å²) < 4.78 is 6.00. The quantitative estimate of drug-likeness (QED) is 0.843. The highest BCUT2D eigenvalue weighted by Gasteiger charge is 2.27. The van der Waals surface area contributed by atoms with E-state index in [4.69, 9.17) is 4.74 Å². The molecule has 0 spiro atoms. The fourth-order valence-electron chi connectivity index (χ4n) is 2.40. The highest BCUT2D eigenvalue weighted by molar-refractivity contribution is 5.21. The predicted molar refractivity (Wildman–Crippen MR) is 66.7 cm³/mol. The molecule has 1 N–H and O–H groups in total. The van der Waals surface area contributed by atoms with Crippen molar-refractivity contribution in [1.82, 2.24) is 5.32 Å². The molecule has 0 bridgehead atoms. The number of hydrogen-bond acceptors (Lipinski definition) is 2. The number of benzene rings is 1. The van der Waals surface area contributed by atoms with Gasteiger partial charge in [-0.25, -0.2) is 0 Å². The van der Waals surface area contributed by atoms with Crippen LogP contribution in [0, 0.1) is 0 Å². The molecule has 0 saturated carbocycles. The summed E-state index contributed by atoms with van der Waals surface area (Å²) in [4.78, 5) is 0. The lowest BCUT2D eigenvalue weighted by Crippen LogP contribution is -2.42. The highest BCUT2D eigenvalue weighted by atomic mass is 16.5. The van der Waals surface area contributed by atoms with Gasteiger partial charge in [0, 0.05) is 12.5 Å². The monoisotopic (exact) mass is 219 g/mol. The molecular weight excluding hydrogens is 198 g/mol. The first-order valence-electron chi connectivity index (χ1n) is 6.18. The molecule has 1 saturated heterocycles. The number of rotatable bonds is 3. The van der Waals surface area contributed by atoms with Crippen molar-refractivity contribution in [2.24, 2.45) is 0 Å².